The number of hydrogen-bond acceptors (Lipinski definition) is 6. The topological polar surface area (TPSA) is 130 Å². The molecule has 7 nitrogen and oxygen atoms in total. The predicted molar refractivity (Wildman–Crippen MR) is 46.0 cm³/mol. The number of nitrogen functional groups attached to an aromatic ring is 3. The summed E-state index contributed by atoms with van der Waals surface area (Å²) in [6.07, 6.45) is 0. The molecular formula is C5H10N6O. The molecule has 0 atom stereocenters. The van der Waals surface area contributed by atoms with Crippen LogP contribution in [0.25, 0.3) is 0 Å². The molecule has 0 saturated carbocycles. The van der Waals surface area contributed by atoms with Gasteiger partial charge in [-0.3, -0.25) is 0 Å². The summed E-state index contributed by atoms with van der Waals surface area (Å²) in [7, 11) is 1.58. The van der Waals surface area contributed by atoms with E-state index in [9.17, 15) is 5.21 Å². The Morgan fingerprint density at radius 2 is 2.00 bits per heavy atom. The molecule has 66 valence electrons. The average molecular weight is 170 g/mol. The maximum Gasteiger partial charge on any atom is 0.346 e. The van der Waals surface area contributed by atoms with E-state index in [0.29, 0.717) is 10.4 Å². The van der Waals surface area contributed by atoms with Crippen molar-refractivity contribution in [2.75, 3.05) is 29.6 Å². The van der Waals surface area contributed by atoms with Gasteiger partial charge in [-0.05, 0) is 0 Å². The van der Waals surface area contributed by atoms with Crippen molar-refractivity contribution in [1.82, 2.24) is 4.98 Å². The lowest BCUT2D eigenvalue weighted by Gasteiger charge is -2.13. The molecule has 1 aromatic heterocycles. The number of rotatable bonds is 1. The number of nitrogens with zero attached hydrogens (tertiary/aromatic N) is 2. The first kappa shape index (κ1) is 8.18. The monoisotopic (exact) mass is 170 g/mol. The number of aromatic nitrogens is 2. The molecule has 0 radical (unpaired) electrons. The summed E-state index contributed by atoms with van der Waals surface area (Å²) in [4.78, 5) is 3.57. The van der Waals surface area contributed by atoms with Gasteiger partial charge in [0, 0.05) is 7.05 Å². The third-order valence-electron chi connectivity index (χ3n) is 1.42. The van der Waals surface area contributed by atoms with Crippen molar-refractivity contribution in [3.05, 3.63) is 5.21 Å². The first-order valence-electron chi connectivity index (χ1n) is 3.19. The lowest BCUT2D eigenvalue weighted by molar-refractivity contribution is -0.576. The van der Waals surface area contributed by atoms with Crippen LogP contribution in [0.3, 0.4) is 0 Å². The lowest BCUT2D eigenvalue weighted by Crippen LogP contribution is -2.36. The highest BCUT2D eigenvalue weighted by atomic mass is 16.5. The minimum atomic E-state index is -0.260. The normalized spacial score (nSPS) is 9.75. The number of nitrogens with one attached hydrogen (secondary N) is 1. The highest BCUT2D eigenvalue weighted by molar-refractivity contribution is 5.72. The maximum atomic E-state index is 11.0. The van der Waals surface area contributed by atoms with Crippen molar-refractivity contribution in [1.29, 1.82) is 0 Å². The lowest BCUT2D eigenvalue weighted by atomic mass is 10.4. The van der Waals surface area contributed by atoms with E-state index in [0.717, 1.165) is 0 Å². The van der Waals surface area contributed by atoms with Crippen LogP contribution in [-0.2, 0) is 0 Å². The first-order valence-corrected chi connectivity index (χ1v) is 3.19. The third-order valence-corrected chi connectivity index (χ3v) is 1.42. The Kier molecular flexibility index (Phi) is 1.78. The van der Waals surface area contributed by atoms with Crippen LogP contribution in [0.15, 0.2) is 0 Å². The molecule has 0 aliphatic carbocycles. The average Bonchev–Trinajstić information content (AvgIpc) is 2.01. The Hall–Kier alpha value is -1.92. The largest absolute Gasteiger partial charge is 0.754 e. The van der Waals surface area contributed by atoms with Gasteiger partial charge >= 0.3 is 5.95 Å². The molecule has 0 spiro atoms. The number of anilines is 4. The van der Waals surface area contributed by atoms with Gasteiger partial charge in [0.1, 0.15) is 0 Å². The van der Waals surface area contributed by atoms with E-state index in [1.54, 1.807) is 7.05 Å². The second-order valence-corrected chi connectivity index (χ2v) is 2.16. The van der Waals surface area contributed by atoms with Gasteiger partial charge < -0.3 is 27.7 Å². The van der Waals surface area contributed by atoms with E-state index >= 15 is 0 Å². The van der Waals surface area contributed by atoms with E-state index < -0.39 is 0 Å². The standard InChI is InChI=1S/C5H10N6O/c1-9-2-3(6)10-5(8)11(12)4(2)7/h9H,7H2,1H3,(H4,6,8,10). The molecule has 1 heterocycles. The van der Waals surface area contributed by atoms with E-state index in [1.807, 2.05) is 0 Å². The van der Waals surface area contributed by atoms with Gasteiger partial charge in [0.05, 0.1) is 0 Å². The van der Waals surface area contributed by atoms with Crippen molar-refractivity contribution in [2.45, 2.75) is 0 Å². The van der Waals surface area contributed by atoms with Crippen molar-refractivity contribution in [3.8, 4) is 0 Å². The SMILES string of the molecule is CNc1c(N)nc(N)[n+]([O-])c1N. The minimum Gasteiger partial charge on any atom is -0.754 e. The molecule has 0 saturated heterocycles. The molecule has 0 amide bonds. The van der Waals surface area contributed by atoms with Crippen molar-refractivity contribution < 1.29 is 4.73 Å². The molecule has 7 N–H and O–H groups in total. The van der Waals surface area contributed by atoms with Crippen LogP contribution in [0.1, 0.15) is 0 Å². The van der Waals surface area contributed by atoms with Crippen LogP contribution < -0.4 is 27.2 Å². The molecule has 0 unspecified atom stereocenters. The van der Waals surface area contributed by atoms with Gasteiger partial charge in [-0.15, -0.1) is 0 Å². The summed E-state index contributed by atoms with van der Waals surface area (Å²) in [6.45, 7) is 0. The molecule has 0 aliphatic rings. The summed E-state index contributed by atoms with van der Waals surface area (Å²) >= 11 is 0. The van der Waals surface area contributed by atoms with E-state index in [4.69, 9.17) is 17.2 Å². The Balaban J connectivity index is 3.40. The minimum absolute atomic E-state index is 0.0810. The second-order valence-electron chi connectivity index (χ2n) is 2.16. The molecule has 0 bridgehead atoms. The fourth-order valence-electron chi connectivity index (χ4n) is 0.837. The van der Waals surface area contributed by atoms with Gasteiger partial charge in [0.25, 0.3) is 0 Å². The second kappa shape index (κ2) is 2.61. The van der Waals surface area contributed by atoms with Crippen LogP contribution in [-0.4, -0.2) is 12.0 Å². The van der Waals surface area contributed by atoms with Gasteiger partial charge in [0.15, 0.2) is 5.69 Å². The Morgan fingerprint density at radius 1 is 1.42 bits per heavy atom. The van der Waals surface area contributed by atoms with Gasteiger partial charge in [-0.25, -0.2) is 4.73 Å². The fraction of sp³-hybridized carbons (Fsp3) is 0.200. The molecule has 1 aromatic rings. The van der Waals surface area contributed by atoms with E-state index in [1.165, 1.54) is 0 Å². The smallest absolute Gasteiger partial charge is 0.346 e. The predicted octanol–water partition coefficient (Wildman–Crippen LogP) is -1.50. The van der Waals surface area contributed by atoms with Gasteiger partial charge in [-0.1, -0.05) is 4.98 Å². The van der Waals surface area contributed by atoms with Gasteiger partial charge in [0.2, 0.25) is 11.6 Å². The Morgan fingerprint density at radius 3 is 2.50 bits per heavy atom. The summed E-state index contributed by atoms with van der Waals surface area (Å²) in [5, 5.41) is 13.7. The summed E-state index contributed by atoms with van der Waals surface area (Å²) in [5.41, 5.74) is 16.3. The molecule has 12 heavy (non-hydrogen) atoms. The van der Waals surface area contributed by atoms with Crippen LogP contribution in [0.4, 0.5) is 23.3 Å². The summed E-state index contributed by atoms with van der Waals surface area (Å²) in [6, 6.07) is 0. The zero-order chi connectivity index (χ0) is 9.30. The van der Waals surface area contributed by atoms with Crippen molar-refractivity contribution in [2.24, 2.45) is 0 Å². The molecule has 0 aromatic carbocycles. The summed E-state index contributed by atoms with van der Waals surface area (Å²) in [5.74, 6) is -0.230. The maximum absolute atomic E-state index is 11.0. The zero-order valence-electron chi connectivity index (χ0n) is 6.53. The highest BCUT2D eigenvalue weighted by Gasteiger charge is 2.13. The van der Waals surface area contributed by atoms with E-state index in [2.05, 4.69) is 10.3 Å². The van der Waals surface area contributed by atoms with E-state index in [-0.39, 0.29) is 17.6 Å². The van der Waals surface area contributed by atoms with Crippen LogP contribution in [0.2, 0.25) is 0 Å². The van der Waals surface area contributed by atoms with Crippen LogP contribution in [0.5, 0.6) is 0 Å². The zero-order valence-corrected chi connectivity index (χ0v) is 6.53. The van der Waals surface area contributed by atoms with Crippen LogP contribution in [0, 0.1) is 5.21 Å². The van der Waals surface area contributed by atoms with Crippen LogP contribution >= 0.6 is 0 Å². The third kappa shape index (κ3) is 1.00. The summed E-state index contributed by atoms with van der Waals surface area (Å²) < 4.78 is 0.308. The number of hydrogen-bond donors (Lipinski definition) is 4. The Bertz CT molecular complexity index is 311. The fourth-order valence-corrected chi connectivity index (χ4v) is 0.837. The first-order chi connectivity index (χ1) is 5.57. The van der Waals surface area contributed by atoms with Crippen molar-refractivity contribution >= 4 is 23.3 Å². The van der Waals surface area contributed by atoms with Gasteiger partial charge in [-0.2, -0.15) is 0 Å². The number of nitrogens with two attached hydrogens (primary N) is 3. The van der Waals surface area contributed by atoms with Crippen molar-refractivity contribution in [3.63, 3.8) is 0 Å². The molecule has 0 fully saturated rings. The quantitative estimate of drug-likeness (QED) is 0.300. The molecule has 7 heteroatoms. The molecule has 0 aliphatic heterocycles. The molecular weight excluding hydrogens is 160 g/mol. The highest BCUT2D eigenvalue weighted by Crippen LogP contribution is 2.20. The Labute approximate surface area is 68.8 Å². The molecule has 1 rings (SSSR count).